The molecule has 0 amide bonds. The van der Waals surface area contributed by atoms with E-state index in [2.05, 4.69) is 0 Å². The molecule has 1 aromatic carbocycles. The topological polar surface area (TPSA) is 135 Å². The molecule has 0 radical (unpaired) electrons. The number of ether oxygens (including phenoxy) is 5. The molecule has 0 aliphatic carbocycles. The van der Waals surface area contributed by atoms with Crippen LogP contribution in [0.25, 0.3) is 0 Å². The molecule has 5 atom stereocenters. The van der Waals surface area contributed by atoms with Crippen molar-refractivity contribution in [3.63, 3.8) is 0 Å². The van der Waals surface area contributed by atoms with Crippen molar-refractivity contribution in [2.24, 2.45) is 0 Å². The number of aliphatic hydroxyl groups is 1. The Kier molecular flexibility index (Phi) is 7.99. The monoisotopic (exact) mass is 458 g/mol. The molecule has 1 aliphatic rings. The zero-order valence-corrected chi connectivity index (χ0v) is 18.1. The van der Waals surface area contributed by atoms with Crippen molar-refractivity contribution in [3.8, 4) is 0 Å². The highest BCUT2D eigenvalue weighted by molar-refractivity contribution is 6.30. The summed E-state index contributed by atoms with van der Waals surface area (Å²) < 4.78 is 26.6. The van der Waals surface area contributed by atoms with Crippen molar-refractivity contribution in [1.29, 1.82) is 0 Å². The van der Waals surface area contributed by atoms with Crippen LogP contribution in [0.1, 0.15) is 33.3 Å². The summed E-state index contributed by atoms with van der Waals surface area (Å²) in [4.78, 5) is 46.7. The lowest BCUT2D eigenvalue weighted by atomic mass is 9.87. The van der Waals surface area contributed by atoms with Crippen LogP contribution < -0.4 is 0 Å². The average molecular weight is 459 g/mol. The predicted molar refractivity (Wildman–Crippen MR) is 104 cm³/mol. The van der Waals surface area contributed by atoms with E-state index < -0.39 is 60.7 Å². The number of hydrogen-bond acceptors (Lipinski definition) is 10. The van der Waals surface area contributed by atoms with Crippen LogP contribution in [0.5, 0.6) is 0 Å². The summed E-state index contributed by atoms with van der Waals surface area (Å²) in [6.45, 7) is 3.98. The van der Waals surface area contributed by atoms with E-state index in [4.69, 9.17) is 35.3 Å². The molecular formula is C20H23ClO10. The first-order valence-electron chi connectivity index (χ1n) is 9.25. The van der Waals surface area contributed by atoms with Crippen molar-refractivity contribution in [2.75, 3.05) is 6.61 Å². The molecule has 1 aromatic rings. The van der Waals surface area contributed by atoms with Crippen molar-refractivity contribution >= 4 is 35.5 Å². The molecule has 0 aromatic heterocycles. The van der Waals surface area contributed by atoms with Gasteiger partial charge in [0.25, 0.3) is 0 Å². The average Bonchev–Trinajstić information content (AvgIpc) is 2.65. The number of hydrogen-bond donors (Lipinski definition) is 1. The van der Waals surface area contributed by atoms with Crippen molar-refractivity contribution < 1.29 is 48.0 Å². The number of benzene rings is 1. The van der Waals surface area contributed by atoms with Gasteiger partial charge in [-0.3, -0.25) is 19.2 Å². The molecule has 0 saturated carbocycles. The smallest absolute Gasteiger partial charge is 0.303 e. The Balaban J connectivity index is 2.62. The largest absolute Gasteiger partial charge is 0.463 e. The van der Waals surface area contributed by atoms with E-state index in [0.29, 0.717) is 5.02 Å². The molecule has 2 rings (SSSR count). The zero-order valence-electron chi connectivity index (χ0n) is 17.3. The van der Waals surface area contributed by atoms with Gasteiger partial charge in [0, 0.05) is 38.3 Å². The zero-order chi connectivity index (χ0) is 23.3. The number of rotatable bonds is 6. The van der Waals surface area contributed by atoms with Gasteiger partial charge in [-0.2, -0.15) is 0 Å². The van der Waals surface area contributed by atoms with Gasteiger partial charge in [0.15, 0.2) is 12.2 Å². The van der Waals surface area contributed by atoms with E-state index in [-0.39, 0.29) is 5.56 Å². The molecule has 1 fully saturated rings. The van der Waals surface area contributed by atoms with E-state index >= 15 is 0 Å². The maximum atomic E-state index is 11.8. The van der Waals surface area contributed by atoms with Crippen molar-refractivity contribution in [3.05, 3.63) is 34.9 Å². The molecule has 31 heavy (non-hydrogen) atoms. The van der Waals surface area contributed by atoms with Crippen LogP contribution in [-0.4, -0.2) is 60.0 Å². The molecule has 1 N–H and O–H groups in total. The van der Waals surface area contributed by atoms with Gasteiger partial charge >= 0.3 is 23.9 Å². The van der Waals surface area contributed by atoms with E-state index in [9.17, 15) is 24.3 Å². The molecule has 1 saturated heterocycles. The second kappa shape index (κ2) is 10.1. The van der Waals surface area contributed by atoms with Crippen LogP contribution in [0, 0.1) is 0 Å². The fourth-order valence-corrected chi connectivity index (χ4v) is 3.33. The van der Waals surface area contributed by atoms with Crippen LogP contribution in [0.4, 0.5) is 0 Å². The van der Waals surface area contributed by atoms with Gasteiger partial charge < -0.3 is 28.8 Å². The summed E-state index contributed by atoms with van der Waals surface area (Å²) in [7, 11) is 0. The third-order valence-electron chi connectivity index (χ3n) is 4.31. The summed E-state index contributed by atoms with van der Waals surface area (Å²) in [5.41, 5.74) is 0.106. The second-order valence-corrected chi connectivity index (χ2v) is 7.28. The third kappa shape index (κ3) is 6.16. The minimum Gasteiger partial charge on any atom is -0.463 e. The first-order valence-corrected chi connectivity index (χ1v) is 9.63. The molecule has 0 unspecified atom stereocenters. The van der Waals surface area contributed by atoms with Crippen LogP contribution in [0.15, 0.2) is 24.3 Å². The molecule has 170 valence electrons. The molecule has 1 aliphatic heterocycles. The highest BCUT2D eigenvalue weighted by atomic mass is 35.5. The SMILES string of the molecule is CC(=O)OC[C@H]1O[C@@](O)(c2ccc(Cl)cc2)[C@H](OC(C)=O)[C@@H](OC(C)=O)[C@@H]1OC(C)=O. The highest BCUT2D eigenvalue weighted by Crippen LogP contribution is 2.41. The van der Waals surface area contributed by atoms with Gasteiger partial charge in [-0.05, 0) is 12.1 Å². The van der Waals surface area contributed by atoms with E-state index in [0.717, 1.165) is 27.7 Å². The summed E-state index contributed by atoms with van der Waals surface area (Å²) in [5, 5.41) is 11.9. The first-order chi connectivity index (χ1) is 14.4. The molecule has 1 heterocycles. The minimum atomic E-state index is -2.36. The summed E-state index contributed by atoms with van der Waals surface area (Å²) >= 11 is 5.92. The second-order valence-electron chi connectivity index (χ2n) is 6.84. The summed E-state index contributed by atoms with van der Waals surface area (Å²) in [6.07, 6.45) is -5.75. The molecule has 10 nitrogen and oxygen atoms in total. The van der Waals surface area contributed by atoms with Gasteiger partial charge in [-0.1, -0.05) is 23.7 Å². The maximum Gasteiger partial charge on any atom is 0.303 e. The maximum absolute atomic E-state index is 11.8. The van der Waals surface area contributed by atoms with E-state index in [1.807, 2.05) is 0 Å². The Bertz CT molecular complexity index is 839. The van der Waals surface area contributed by atoms with Gasteiger partial charge in [0.2, 0.25) is 11.9 Å². The predicted octanol–water partition coefficient (Wildman–Crippen LogP) is 1.24. The van der Waals surface area contributed by atoms with E-state index in [1.54, 1.807) is 0 Å². The molecular weight excluding hydrogens is 436 g/mol. The van der Waals surface area contributed by atoms with E-state index in [1.165, 1.54) is 24.3 Å². The van der Waals surface area contributed by atoms with Crippen LogP contribution in [0.2, 0.25) is 5.02 Å². The van der Waals surface area contributed by atoms with Crippen molar-refractivity contribution in [1.82, 2.24) is 0 Å². The summed E-state index contributed by atoms with van der Waals surface area (Å²) in [6, 6.07) is 5.75. The normalized spacial score (nSPS) is 27.7. The number of halogens is 1. The van der Waals surface area contributed by atoms with Crippen LogP contribution in [0.3, 0.4) is 0 Å². The van der Waals surface area contributed by atoms with Gasteiger partial charge in [0.05, 0.1) is 0 Å². The Labute approximate surface area is 183 Å². The Morgan fingerprint density at radius 1 is 0.903 bits per heavy atom. The minimum absolute atomic E-state index is 0.106. The molecule has 11 heteroatoms. The van der Waals surface area contributed by atoms with Crippen LogP contribution in [-0.2, 0) is 48.6 Å². The van der Waals surface area contributed by atoms with Crippen molar-refractivity contribution in [2.45, 2.75) is 57.9 Å². The Morgan fingerprint density at radius 3 is 1.90 bits per heavy atom. The number of esters is 4. The third-order valence-corrected chi connectivity index (χ3v) is 4.56. The van der Waals surface area contributed by atoms with Gasteiger partial charge in [0.1, 0.15) is 12.7 Å². The number of carbonyl (C=O) groups excluding carboxylic acids is 4. The van der Waals surface area contributed by atoms with Crippen LogP contribution >= 0.6 is 11.6 Å². The highest BCUT2D eigenvalue weighted by Gasteiger charge is 2.60. The van der Waals surface area contributed by atoms with Gasteiger partial charge in [-0.25, -0.2) is 0 Å². The lowest BCUT2D eigenvalue weighted by Gasteiger charge is -2.48. The van der Waals surface area contributed by atoms with Gasteiger partial charge in [-0.15, -0.1) is 0 Å². The first kappa shape index (κ1) is 24.6. The Hall–Kier alpha value is -2.69. The molecule has 0 bridgehead atoms. The summed E-state index contributed by atoms with van der Waals surface area (Å²) in [5.74, 6) is -5.41. The fraction of sp³-hybridized carbons (Fsp3) is 0.500. The standard InChI is InChI=1S/C20H23ClO10/c1-10(22)27-9-16-17(28-11(2)23)18(29-12(3)24)19(30-13(4)25)20(26,31-16)14-5-7-15(21)8-6-14/h5-8,16-19,26H,9H2,1-4H3/t16-,17-,18+,19-,20+/m1/s1. The molecule has 0 spiro atoms. The Morgan fingerprint density at radius 2 is 1.42 bits per heavy atom. The lowest BCUT2D eigenvalue weighted by Crippen LogP contribution is -2.66. The lowest BCUT2D eigenvalue weighted by molar-refractivity contribution is -0.360. The number of carbonyl (C=O) groups is 4. The quantitative estimate of drug-likeness (QED) is 0.490. The fourth-order valence-electron chi connectivity index (χ4n) is 3.20.